The van der Waals surface area contributed by atoms with E-state index in [1.54, 1.807) is 121 Å². The Hall–Kier alpha value is -8.86. The number of nitrogens with zero attached hydrogens (tertiary/aromatic N) is 2. The predicted molar refractivity (Wildman–Crippen MR) is 279 cm³/mol. The van der Waals surface area contributed by atoms with Gasteiger partial charge in [0.05, 0.1) is 74.2 Å². The summed E-state index contributed by atoms with van der Waals surface area (Å²) in [6.07, 6.45) is -25.6. The van der Waals surface area contributed by atoms with E-state index in [0.717, 1.165) is 0 Å². The lowest BCUT2D eigenvalue weighted by Gasteiger charge is -2.41. The van der Waals surface area contributed by atoms with Gasteiger partial charge in [0.15, 0.2) is 0 Å². The van der Waals surface area contributed by atoms with Gasteiger partial charge in [0.1, 0.15) is 0 Å². The average molecular weight is 1220 g/mol. The molecule has 4 unspecified atom stereocenters. The van der Waals surface area contributed by atoms with Gasteiger partial charge in [-0.05, 0) is 69.8 Å². The number of rotatable bonds is 30. The summed E-state index contributed by atoms with van der Waals surface area (Å²) in [5.74, 6) is -6.71. The van der Waals surface area contributed by atoms with Crippen LogP contribution >= 0.6 is 0 Å². The molecule has 6 aromatic rings. The van der Waals surface area contributed by atoms with E-state index in [4.69, 9.17) is 18.9 Å². The van der Waals surface area contributed by atoms with E-state index in [9.17, 15) is 81.5 Å². The summed E-state index contributed by atoms with van der Waals surface area (Å²) in [7, 11) is 0. The molecular formula is C58H52F12N6O10. The first-order valence-electron chi connectivity index (χ1n) is 25.4. The minimum atomic E-state index is -5.38. The van der Waals surface area contributed by atoms with Crippen molar-refractivity contribution in [3.63, 3.8) is 0 Å². The van der Waals surface area contributed by atoms with Gasteiger partial charge in [0.25, 0.3) is 0 Å². The second-order valence-corrected chi connectivity index (χ2v) is 18.7. The number of benzene rings is 6. The van der Waals surface area contributed by atoms with Gasteiger partial charge < -0.3 is 40.2 Å². The maximum atomic E-state index is 14.9. The van der Waals surface area contributed by atoms with Crippen LogP contribution in [0.4, 0.5) is 52.7 Å². The Morgan fingerprint density at radius 1 is 0.384 bits per heavy atom. The third-order valence-electron chi connectivity index (χ3n) is 13.0. The number of esters is 2. The molecule has 16 nitrogen and oxygen atoms in total. The second kappa shape index (κ2) is 30.3. The smallest absolute Gasteiger partial charge is 0.419 e. The largest absolute Gasteiger partial charge is 0.426 e. The Morgan fingerprint density at radius 3 is 0.826 bits per heavy atom. The zero-order valence-corrected chi connectivity index (χ0v) is 44.5. The summed E-state index contributed by atoms with van der Waals surface area (Å²) in [6.45, 7) is -5.02. The molecule has 0 fully saturated rings. The number of halogens is 12. The number of hydrogen-bond donors (Lipinski definition) is 4. The fourth-order valence-electron chi connectivity index (χ4n) is 9.32. The van der Waals surface area contributed by atoms with Gasteiger partial charge in [-0.2, -0.15) is 52.7 Å². The molecule has 4 atom stereocenters. The maximum absolute atomic E-state index is 14.9. The van der Waals surface area contributed by atoms with Crippen LogP contribution in [0.5, 0.6) is 0 Å². The number of alkyl halides is 12. The van der Waals surface area contributed by atoms with Gasteiger partial charge in [-0.3, -0.25) is 29.0 Å². The molecule has 0 bridgehead atoms. The number of ether oxygens (including phenoxy) is 4. The third-order valence-corrected chi connectivity index (χ3v) is 13.0. The molecular weight excluding hydrogens is 1170 g/mol. The van der Waals surface area contributed by atoms with E-state index >= 15 is 0 Å². The third kappa shape index (κ3) is 18.6. The predicted octanol–water partition coefficient (Wildman–Crippen LogP) is 9.05. The highest BCUT2D eigenvalue weighted by Gasteiger charge is 2.45. The van der Waals surface area contributed by atoms with E-state index in [1.807, 2.05) is 0 Å². The van der Waals surface area contributed by atoms with Crippen molar-refractivity contribution in [3.8, 4) is 0 Å². The molecule has 6 aromatic carbocycles. The summed E-state index contributed by atoms with van der Waals surface area (Å²) < 4.78 is 195. The maximum Gasteiger partial charge on any atom is 0.419 e. The van der Waals surface area contributed by atoms with Crippen molar-refractivity contribution in [2.45, 2.75) is 74.4 Å². The normalized spacial score (nSPS) is 13.5. The SMILES string of the molecule is O=CNCN(CNC=O)C(C(OCc1cc(C(F)(F)F)cc(C(F)(F)F)c1)OC(=O)C(=O)OC(OCc1cc(C(F)(F)F)cc(C(F)(F)F)c1)C(C(c1ccccc1)c1ccccc1)N(CNC=O)CNC=O)C(c1ccccc1)c1ccccc1. The standard InChI is InChI=1S/C58H52F12N6O10/c59-55(60,61)43-21-37(22-44(25-43)56(62,63)64)27-83-53(49(75(29-71-33-77)30-72-34-78)47(39-13-5-1-6-14-39)40-15-7-2-8-16-40)85-51(81)52(82)86-54(84-28-38-23-45(57(65,66)67)26-46(24-38)58(68,69)70)50(76(31-73-35-79)32-74-36-80)48(41-17-9-3-10-18-41)42-19-11-4-12-20-42/h1-26,33-36,47-50,53-54H,27-32H2,(H,71,77)(H,72,78)(H,73,79)(H,74,80). The van der Waals surface area contributed by atoms with Gasteiger partial charge in [0, 0.05) is 11.8 Å². The number of hydrogen-bond acceptors (Lipinski definition) is 12. The Bertz CT molecular complexity index is 2790. The quantitative estimate of drug-likeness (QED) is 0.0110. The number of carbonyl (C=O) groups is 6. The Balaban J connectivity index is 1.59. The van der Waals surface area contributed by atoms with Crippen LogP contribution in [0, 0.1) is 0 Å². The summed E-state index contributed by atoms with van der Waals surface area (Å²) in [6, 6.07) is 28.6. The summed E-state index contributed by atoms with van der Waals surface area (Å²) >= 11 is 0. The van der Waals surface area contributed by atoms with Crippen LogP contribution < -0.4 is 21.3 Å². The molecule has 0 aromatic heterocycles. The minimum absolute atomic E-state index is 0.169. The number of carbonyl (C=O) groups excluding carboxylic acids is 6. The molecule has 0 aliphatic heterocycles. The number of nitrogens with one attached hydrogen (secondary N) is 4. The molecule has 0 heterocycles. The monoisotopic (exact) mass is 1220 g/mol. The molecule has 0 saturated heterocycles. The molecule has 0 spiro atoms. The van der Waals surface area contributed by atoms with Crippen LogP contribution in [-0.4, -0.2) is 98.7 Å². The van der Waals surface area contributed by atoms with Crippen LogP contribution in [0.2, 0.25) is 0 Å². The minimum Gasteiger partial charge on any atom is -0.426 e. The van der Waals surface area contributed by atoms with Crippen molar-refractivity contribution in [2.24, 2.45) is 0 Å². The zero-order chi connectivity index (χ0) is 62.7. The lowest BCUT2D eigenvalue weighted by molar-refractivity contribution is -0.222. The van der Waals surface area contributed by atoms with Gasteiger partial charge in [-0.1, -0.05) is 121 Å². The Labute approximate surface area is 482 Å². The number of amides is 4. The fraction of sp³-hybridized carbons (Fsp3) is 0.276. The molecule has 458 valence electrons. The first kappa shape index (κ1) is 66.3. The van der Waals surface area contributed by atoms with E-state index in [1.165, 1.54) is 9.80 Å². The zero-order valence-electron chi connectivity index (χ0n) is 44.5. The van der Waals surface area contributed by atoms with Crippen molar-refractivity contribution in [1.82, 2.24) is 31.1 Å². The summed E-state index contributed by atoms with van der Waals surface area (Å²) in [5, 5.41) is 9.47. The van der Waals surface area contributed by atoms with Gasteiger partial charge >= 0.3 is 36.6 Å². The molecule has 0 radical (unpaired) electrons. The van der Waals surface area contributed by atoms with Crippen LogP contribution in [0.1, 0.15) is 67.5 Å². The first-order valence-corrected chi connectivity index (χ1v) is 25.4. The van der Waals surface area contributed by atoms with Gasteiger partial charge in [-0.15, -0.1) is 0 Å². The lowest BCUT2D eigenvalue weighted by Crippen LogP contribution is -2.56. The molecule has 0 aliphatic rings. The average Bonchev–Trinajstić information content (AvgIpc) is 2.71. The second-order valence-electron chi connectivity index (χ2n) is 18.7. The lowest BCUT2D eigenvalue weighted by atomic mass is 9.83. The van der Waals surface area contributed by atoms with Crippen molar-refractivity contribution < 1.29 is 100 Å². The molecule has 86 heavy (non-hydrogen) atoms. The molecule has 0 saturated carbocycles. The highest BCUT2D eigenvalue weighted by molar-refractivity contribution is 6.29. The first-order chi connectivity index (χ1) is 40.9. The van der Waals surface area contributed by atoms with Crippen molar-refractivity contribution >= 4 is 37.6 Å². The highest BCUT2D eigenvalue weighted by Crippen LogP contribution is 2.41. The van der Waals surface area contributed by atoms with Crippen LogP contribution in [0.25, 0.3) is 0 Å². The highest BCUT2D eigenvalue weighted by atomic mass is 19.4. The molecule has 4 amide bonds. The molecule has 6 rings (SSSR count). The van der Waals surface area contributed by atoms with E-state index in [2.05, 4.69) is 21.3 Å². The van der Waals surface area contributed by atoms with Crippen LogP contribution in [0.15, 0.2) is 158 Å². The van der Waals surface area contributed by atoms with Gasteiger partial charge in [0.2, 0.25) is 38.2 Å². The molecule has 4 N–H and O–H groups in total. The van der Waals surface area contributed by atoms with E-state index in [-0.39, 0.29) is 37.8 Å². The van der Waals surface area contributed by atoms with Crippen molar-refractivity contribution in [3.05, 3.63) is 213 Å². The Morgan fingerprint density at radius 2 is 0.616 bits per heavy atom. The van der Waals surface area contributed by atoms with Crippen molar-refractivity contribution in [1.29, 1.82) is 0 Å². The van der Waals surface area contributed by atoms with Crippen LogP contribution in [0.3, 0.4) is 0 Å². The van der Waals surface area contributed by atoms with Crippen molar-refractivity contribution in [2.75, 3.05) is 26.7 Å². The topological polar surface area (TPSA) is 194 Å². The van der Waals surface area contributed by atoms with E-state index < -0.39 is 146 Å². The fourth-order valence-corrected chi connectivity index (χ4v) is 9.32. The van der Waals surface area contributed by atoms with Crippen LogP contribution in [-0.2, 0) is 85.6 Å². The summed E-state index contributed by atoms with van der Waals surface area (Å²) in [4.78, 5) is 80.0. The van der Waals surface area contributed by atoms with E-state index in [0.29, 0.717) is 46.5 Å². The summed E-state index contributed by atoms with van der Waals surface area (Å²) in [5.41, 5.74) is -7.54. The molecule has 0 aliphatic carbocycles. The molecule has 28 heteroatoms. The Kier molecular flexibility index (Phi) is 23.3. The van der Waals surface area contributed by atoms with Gasteiger partial charge in [-0.25, -0.2) is 9.59 Å².